The molecule has 0 aliphatic carbocycles. The molecule has 7 nitrogen and oxygen atoms in total. The van der Waals surface area contributed by atoms with E-state index in [0.717, 1.165) is 27.3 Å². The Bertz CT molecular complexity index is 1240. The summed E-state index contributed by atoms with van der Waals surface area (Å²) in [5.74, 6) is 0.903. The molecule has 0 spiro atoms. The minimum Gasteiger partial charge on any atom is -0.490 e. The number of carbonyl (C=O) groups excluding carboxylic acids is 1. The Labute approximate surface area is 210 Å². The van der Waals surface area contributed by atoms with Crippen LogP contribution in [0.15, 0.2) is 75.3 Å². The quantitative estimate of drug-likeness (QED) is 0.252. The van der Waals surface area contributed by atoms with E-state index >= 15 is 0 Å². The van der Waals surface area contributed by atoms with Gasteiger partial charge in [0.05, 0.1) is 5.57 Å². The largest absolute Gasteiger partial charge is 0.490 e. The van der Waals surface area contributed by atoms with Crippen LogP contribution in [0.5, 0.6) is 11.5 Å². The van der Waals surface area contributed by atoms with E-state index in [1.165, 1.54) is 16.8 Å². The summed E-state index contributed by atoms with van der Waals surface area (Å²) in [6.45, 7) is 6.41. The van der Waals surface area contributed by atoms with Gasteiger partial charge in [0.2, 0.25) is 5.17 Å². The highest BCUT2D eigenvalue weighted by atomic mass is 79.9. The van der Waals surface area contributed by atoms with Crippen LogP contribution in [0.3, 0.4) is 0 Å². The lowest BCUT2D eigenvalue weighted by Crippen LogP contribution is -2.35. The number of benzene rings is 2. The minimum absolute atomic E-state index is 0.000894. The van der Waals surface area contributed by atoms with Crippen molar-refractivity contribution in [2.24, 2.45) is 10.1 Å². The third kappa shape index (κ3) is 5.31. The molecule has 174 valence electrons. The number of hydrazone groups is 1. The van der Waals surface area contributed by atoms with Crippen molar-refractivity contribution in [1.29, 1.82) is 5.41 Å². The highest BCUT2D eigenvalue weighted by molar-refractivity contribution is 9.10. The number of amidine groups is 2. The molecule has 9 heteroatoms. The topological polar surface area (TPSA) is 87.3 Å². The summed E-state index contributed by atoms with van der Waals surface area (Å²) < 4.78 is 12.7. The molecule has 2 aliphatic heterocycles. The number of hydrogen-bond donors (Lipinski definition) is 1. The van der Waals surface area contributed by atoms with Crippen molar-refractivity contribution in [3.05, 3.63) is 76.3 Å². The fraction of sp³-hybridized carbons (Fsp3) is 0.200. The Morgan fingerprint density at radius 1 is 1.18 bits per heavy atom. The molecule has 0 atom stereocenters. The minimum atomic E-state index is -0.468. The molecule has 0 unspecified atom stereocenters. The molecule has 1 N–H and O–H groups in total. The van der Waals surface area contributed by atoms with Crippen LogP contribution < -0.4 is 9.47 Å². The van der Waals surface area contributed by atoms with Crippen molar-refractivity contribution in [1.82, 2.24) is 5.01 Å². The fourth-order valence-corrected chi connectivity index (χ4v) is 4.57. The molecule has 4 rings (SSSR count). The summed E-state index contributed by atoms with van der Waals surface area (Å²) in [6.07, 6.45) is 4.90. The first-order valence-corrected chi connectivity index (χ1v) is 12.3. The maximum Gasteiger partial charge on any atom is 0.283 e. The van der Waals surface area contributed by atoms with Gasteiger partial charge in [-0.25, -0.2) is 0 Å². The first-order valence-electron chi connectivity index (χ1n) is 10.7. The Balaban J connectivity index is 1.49. The SMILES string of the molecule is C=CCc1ccccc1OCCOc1ccc(Br)cc1C=C1C(=N)N2N=C(CC)SC2=NC1=O. The van der Waals surface area contributed by atoms with Gasteiger partial charge in [-0.15, -0.1) is 6.58 Å². The van der Waals surface area contributed by atoms with Gasteiger partial charge in [-0.3, -0.25) is 10.2 Å². The van der Waals surface area contributed by atoms with Gasteiger partial charge in [-0.1, -0.05) is 47.1 Å². The lowest BCUT2D eigenvalue weighted by molar-refractivity contribution is -0.114. The molecular weight excluding hydrogens is 516 g/mol. The van der Waals surface area contributed by atoms with E-state index in [4.69, 9.17) is 14.9 Å². The number of amides is 1. The molecule has 0 fully saturated rings. The van der Waals surface area contributed by atoms with Crippen LogP contribution in [0.4, 0.5) is 0 Å². The average molecular weight is 539 g/mol. The monoisotopic (exact) mass is 538 g/mol. The average Bonchev–Trinajstić information content (AvgIpc) is 3.25. The zero-order valence-corrected chi connectivity index (χ0v) is 21.0. The standard InChI is InChI=1S/C25H23BrN4O3S/c1-3-7-16-8-5-6-9-20(16)32-12-13-33-21-11-10-18(26)14-17(21)15-19-23(27)30-25(28-24(19)31)34-22(4-2)29-30/h3,5-6,8-11,14-15,27H,1,4,7,12-13H2,2H3. The summed E-state index contributed by atoms with van der Waals surface area (Å²) in [5.41, 5.74) is 1.87. The number of fused-ring (bicyclic) bond motifs is 1. The van der Waals surface area contributed by atoms with E-state index in [9.17, 15) is 4.79 Å². The smallest absolute Gasteiger partial charge is 0.283 e. The summed E-state index contributed by atoms with van der Waals surface area (Å²) in [6, 6.07) is 13.3. The predicted octanol–water partition coefficient (Wildman–Crippen LogP) is 5.66. The number of hydrogen-bond acceptors (Lipinski definition) is 6. The molecule has 2 heterocycles. The Morgan fingerprint density at radius 3 is 2.71 bits per heavy atom. The second-order valence-electron chi connectivity index (χ2n) is 7.35. The number of aliphatic imine (C=N–C) groups is 1. The Kier molecular flexibility index (Phi) is 7.64. The van der Waals surface area contributed by atoms with Gasteiger partial charge in [0.1, 0.15) is 29.8 Å². The van der Waals surface area contributed by atoms with E-state index in [1.54, 1.807) is 6.08 Å². The first-order chi connectivity index (χ1) is 16.5. The van der Waals surface area contributed by atoms with Crippen LogP contribution in [0.1, 0.15) is 24.5 Å². The van der Waals surface area contributed by atoms with Crippen LogP contribution >= 0.6 is 27.7 Å². The van der Waals surface area contributed by atoms with Gasteiger partial charge < -0.3 is 9.47 Å². The van der Waals surface area contributed by atoms with Gasteiger partial charge in [-0.05, 0) is 60.5 Å². The molecule has 0 radical (unpaired) electrons. The second-order valence-corrected chi connectivity index (χ2v) is 9.30. The third-order valence-corrected chi connectivity index (χ3v) is 6.55. The number of rotatable bonds is 9. The van der Waals surface area contributed by atoms with Crippen molar-refractivity contribution in [3.8, 4) is 11.5 Å². The van der Waals surface area contributed by atoms with E-state index in [2.05, 4.69) is 32.6 Å². The third-order valence-electron chi connectivity index (χ3n) is 5.01. The maximum absolute atomic E-state index is 12.7. The molecule has 0 aromatic heterocycles. The van der Waals surface area contributed by atoms with Crippen LogP contribution in [0.25, 0.3) is 6.08 Å². The predicted molar refractivity (Wildman–Crippen MR) is 141 cm³/mol. The number of ether oxygens (including phenoxy) is 2. The van der Waals surface area contributed by atoms with Gasteiger partial charge in [0.15, 0.2) is 5.84 Å². The second kappa shape index (κ2) is 10.8. The van der Waals surface area contributed by atoms with Crippen molar-refractivity contribution in [2.45, 2.75) is 19.8 Å². The van der Waals surface area contributed by atoms with Crippen molar-refractivity contribution in [2.75, 3.05) is 13.2 Å². The van der Waals surface area contributed by atoms with Gasteiger partial charge in [0, 0.05) is 10.0 Å². The molecule has 1 amide bonds. The number of halogens is 1. The lowest BCUT2D eigenvalue weighted by atomic mass is 10.1. The number of allylic oxidation sites excluding steroid dienone is 1. The van der Waals surface area contributed by atoms with Crippen LogP contribution in [0.2, 0.25) is 0 Å². The summed E-state index contributed by atoms with van der Waals surface area (Å²) in [7, 11) is 0. The van der Waals surface area contributed by atoms with Crippen LogP contribution in [-0.2, 0) is 11.2 Å². The van der Waals surface area contributed by atoms with E-state index in [0.29, 0.717) is 36.1 Å². The molecule has 34 heavy (non-hydrogen) atoms. The van der Waals surface area contributed by atoms with Crippen LogP contribution in [-0.4, -0.2) is 40.2 Å². The van der Waals surface area contributed by atoms with Crippen molar-refractivity contribution in [3.63, 3.8) is 0 Å². The number of nitrogens with one attached hydrogen (secondary N) is 1. The molecule has 0 bridgehead atoms. The number of carbonyl (C=O) groups is 1. The highest BCUT2D eigenvalue weighted by Gasteiger charge is 2.35. The number of para-hydroxylation sites is 1. The lowest BCUT2D eigenvalue weighted by Gasteiger charge is -2.20. The van der Waals surface area contributed by atoms with E-state index in [1.807, 2.05) is 55.5 Å². The van der Waals surface area contributed by atoms with Gasteiger partial charge >= 0.3 is 0 Å². The summed E-state index contributed by atoms with van der Waals surface area (Å²) >= 11 is 4.79. The normalized spacial score (nSPS) is 16.3. The molecule has 0 saturated heterocycles. The fourth-order valence-electron chi connectivity index (χ4n) is 3.37. The first kappa shape index (κ1) is 24.0. The molecule has 2 aliphatic rings. The summed E-state index contributed by atoms with van der Waals surface area (Å²) in [5, 5.41) is 15.5. The van der Waals surface area contributed by atoms with Crippen molar-refractivity contribution < 1.29 is 14.3 Å². The Hall–Kier alpha value is -3.17. The number of thioether (sulfide) groups is 1. The zero-order chi connectivity index (χ0) is 24.1. The molecule has 2 aromatic carbocycles. The Morgan fingerprint density at radius 2 is 1.94 bits per heavy atom. The van der Waals surface area contributed by atoms with Gasteiger partial charge in [-0.2, -0.15) is 15.1 Å². The molecule has 2 aromatic rings. The summed E-state index contributed by atoms with van der Waals surface area (Å²) in [4.78, 5) is 16.8. The van der Waals surface area contributed by atoms with E-state index < -0.39 is 5.91 Å². The maximum atomic E-state index is 12.7. The molecular formula is C25H23BrN4O3S. The molecule has 0 saturated carbocycles. The number of nitrogens with zero attached hydrogens (tertiary/aromatic N) is 3. The van der Waals surface area contributed by atoms with E-state index in [-0.39, 0.29) is 11.4 Å². The zero-order valence-electron chi connectivity index (χ0n) is 18.6. The highest BCUT2D eigenvalue weighted by Crippen LogP contribution is 2.31. The van der Waals surface area contributed by atoms with Gasteiger partial charge in [0.25, 0.3) is 5.91 Å². The van der Waals surface area contributed by atoms with Crippen molar-refractivity contribution >= 4 is 55.7 Å². The van der Waals surface area contributed by atoms with Crippen LogP contribution in [0, 0.1) is 5.41 Å².